The molecular formula is C14H21N5O2. The summed E-state index contributed by atoms with van der Waals surface area (Å²) in [5, 5.41) is 13.1. The van der Waals surface area contributed by atoms with Gasteiger partial charge in [0.25, 0.3) is 0 Å². The van der Waals surface area contributed by atoms with Crippen LogP contribution >= 0.6 is 0 Å². The summed E-state index contributed by atoms with van der Waals surface area (Å²) in [5.41, 5.74) is 0.637. The summed E-state index contributed by atoms with van der Waals surface area (Å²) in [7, 11) is 0. The molecule has 0 aromatic carbocycles. The molecule has 7 nitrogen and oxygen atoms in total. The molecule has 1 aromatic heterocycles. The maximum absolute atomic E-state index is 12.1. The zero-order chi connectivity index (χ0) is 14.8. The summed E-state index contributed by atoms with van der Waals surface area (Å²) in [5.74, 6) is 0.303. The maximum atomic E-state index is 12.1. The number of nitrogens with one attached hydrogen (secondary N) is 3. The van der Waals surface area contributed by atoms with Crippen molar-refractivity contribution in [2.45, 2.75) is 32.4 Å². The van der Waals surface area contributed by atoms with E-state index in [2.05, 4.69) is 28.0 Å². The van der Waals surface area contributed by atoms with E-state index in [9.17, 15) is 9.59 Å². The second-order valence-corrected chi connectivity index (χ2v) is 6.00. The summed E-state index contributed by atoms with van der Waals surface area (Å²) in [6, 6.07) is 0.351. The highest BCUT2D eigenvalue weighted by Crippen LogP contribution is 2.19. The Bertz CT molecular complexity index is 537. The van der Waals surface area contributed by atoms with Crippen LogP contribution in [0, 0.1) is 11.8 Å². The van der Waals surface area contributed by atoms with E-state index in [1.807, 2.05) is 0 Å². The Labute approximate surface area is 123 Å². The molecule has 0 radical (unpaired) electrons. The highest BCUT2D eigenvalue weighted by molar-refractivity contribution is 5.92. The Balaban J connectivity index is 1.52. The molecule has 7 heteroatoms. The number of amides is 2. The minimum absolute atomic E-state index is 0.00786. The Morgan fingerprint density at radius 3 is 2.90 bits per heavy atom. The van der Waals surface area contributed by atoms with Gasteiger partial charge in [0.2, 0.25) is 11.8 Å². The van der Waals surface area contributed by atoms with Crippen LogP contribution in [0.15, 0.2) is 12.4 Å². The van der Waals surface area contributed by atoms with Gasteiger partial charge in [0.05, 0.1) is 17.8 Å². The minimum atomic E-state index is -0.0351. The van der Waals surface area contributed by atoms with E-state index in [1.54, 1.807) is 17.1 Å². The number of anilines is 1. The predicted molar refractivity (Wildman–Crippen MR) is 77.5 cm³/mol. The number of carbonyl (C=O) groups is 2. The van der Waals surface area contributed by atoms with Gasteiger partial charge in [-0.1, -0.05) is 6.92 Å². The third-order valence-corrected chi connectivity index (χ3v) is 4.00. The van der Waals surface area contributed by atoms with Crippen LogP contribution in [0.5, 0.6) is 0 Å². The second-order valence-electron chi connectivity index (χ2n) is 6.00. The van der Waals surface area contributed by atoms with Gasteiger partial charge in [0.1, 0.15) is 6.54 Å². The average Bonchev–Trinajstić information content (AvgIpc) is 2.95. The Morgan fingerprint density at radius 1 is 1.43 bits per heavy atom. The fourth-order valence-corrected chi connectivity index (χ4v) is 2.56. The van der Waals surface area contributed by atoms with Gasteiger partial charge in [-0.05, 0) is 25.3 Å². The summed E-state index contributed by atoms with van der Waals surface area (Å²) in [4.78, 5) is 23.8. The standard InChI is InChI=1S/C14H21N5O2/c1-9-4-15-6-12(9)14(21)18-11-5-16-19(7-11)8-13(20)17-10-2-3-10/h5,7,9-10,12,15H,2-4,6,8H2,1H3,(H,17,20)(H,18,21)/t9-,12-/m1/s1. The average molecular weight is 291 g/mol. The quantitative estimate of drug-likeness (QED) is 0.710. The van der Waals surface area contributed by atoms with Crippen molar-refractivity contribution in [3.63, 3.8) is 0 Å². The zero-order valence-electron chi connectivity index (χ0n) is 12.1. The molecule has 1 aliphatic carbocycles. The molecule has 3 rings (SSSR count). The molecule has 2 heterocycles. The lowest BCUT2D eigenvalue weighted by molar-refractivity contribution is -0.122. The first kappa shape index (κ1) is 14.1. The van der Waals surface area contributed by atoms with Crippen LogP contribution < -0.4 is 16.0 Å². The molecule has 2 fully saturated rings. The molecule has 1 aromatic rings. The number of aromatic nitrogens is 2. The van der Waals surface area contributed by atoms with Crippen molar-refractivity contribution in [2.24, 2.45) is 11.8 Å². The van der Waals surface area contributed by atoms with E-state index in [-0.39, 0.29) is 24.3 Å². The number of rotatable bonds is 5. The number of hydrogen-bond donors (Lipinski definition) is 3. The fraction of sp³-hybridized carbons (Fsp3) is 0.643. The van der Waals surface area contributed by atoms with Crippen molar-refractivity contribution in [3.8, 4) is 0 Å². The summed E-state index contributed by atoms with van der Waals surface area (Å²) < 4.78 is 1.55. The number of hydrogen-bond acceptors (Lipinski definition) is 4. The van der Waals surface area contributed by atoms with Gasteiger partial charge in [-0.3, -0.25) is 14.3 Å². The highest BCUT2D eigenvalue weighted by atomic mass is 16.2. The van der Waals surface area contributed by atoms with Gasteiger partial charge in [-0.15, -0.1) is 0 Å². The largest absolute Gasteiger partial charge is 0.352 e. The maximum Gasteiger partial charge on any atom is 0.241 e. The van der Waals surface area contributed by atoms with Crippen molar-refractivity contribution in [1.29, 1.82) is 0 Å². The molecule has 2 atom stereocenters. The van der Waals surface area contributed by atoms with E-state index in [0.717, 1.165) is 19.4 Å². The first-order valence-electron chi connectivity index (χ1n) is 7.45. The van der Waals surface area contributed by atoms with Gasteiger partial charge in [-0.2, -0.15) is 5.10 Å². The number of carbonyl (C=O) groups excluding carboxylic acids is 2. The summed E-state index contributed by atoms with van der Waals surface area (Å²) >= 11 is 0. The normalized spacial score (nSPS) is 24.8. The molecule has 1 aliphatic heterocycles. The van der Waals surface area contributed by atoms with Crippen LogP contribution in [0.3, 0.4) is 0 Å². The van der Waals surface area contributed by atoms with Crippen LogP contribution in [0.25, 0.3) is 0 Å². The Morgan fingerprint density at radius 2 is 2.24 bits per heavy atom. The molecule has 114 valence electrons. The Hall–Kier alpha value is -1.89. The van der Waals surface area contributed by atoms with E-state index in [1.165, 1.54) is 0 Å². The zero-order valence-corrected chi connectivity index (χ0v) is 12.1. The predicted octanol–water partition coefficient (Wildman–Crippen LogP) is -0.0443. The van der Waals surface area contributed by atoms with Crippen molar-refractivity contribution in [1.82, 2.24) is 20.4 Å². The molecule has 3 N–H and O–H groups in total. The lowest BCUT2D eigenvalue weighted by atomic mass is 9.97. The molecule has 0 spiro atoms. The molecule has 2 amide bonds. The third kappa shape index (κ3) is 3.60. The van der Waals surface area contributed by atoms with E-state index in [4.69, 9.17) is 0 Å². The SMILES string of the molecule is C[C@@H]1CNC[C@H]1C(=O)Nc1cnn(CC(=O)NC2CC2)c1. The lowest BCUT2D eigenvalue weighted by Gasteiger charge is -2.12. The van der Waals surface area contributed by atoms with Crippen molar-refractivity contribution in [2.75, 3.05) is 18.4 Å². The fourth-order valence-electron chi connectivity index (χ4n) is 2.56. The third-order valence-electron chi connectivity index (χ3n) is 4.00. The first-order valence-corrected chi connectivity index (χ1v) is 7.45. The molecule has 1 saturated heterocycles. The van der Waals surface area contributed by atoms with Gasteiger partial charge >= 0.3 is 0 Å². The smallest absolute Gasteiger partial charge is 0.241 e. The van der Waals surface area contributed by atoms with Crippen LogP contribution in [-0.2, 0) is 16.1 Å². The van der Waals surface area contributed by atoms with Crippen LogP contribution in [0.2, 0.25) is 0 Å². The highest BCUT2D eigenvalue weighted by Gasteiger charge is 2.29. The summed E-state index contributed by atoms with van der Waals surface area (Å²) in [6.45, 7) is 3.84. The lowest BCUT2D eigenvalue weighted by Crippen LogP contribution is -2.29. The van der Waals surface area contributed by atoms with E-state index < -0.39 is 0 Å². The second kappa shape index (κ2) is 5.85. The van der Waals surface area contributed by atoms with Crippen LogP contribution in [0.1, 0.15) is 19.8 Å². The van der Waals surface area contributed by atoms with Crippen LogP contribution in [0.4, 0.5) is 5.69 Å². The van der Waals surface area contributed by atoms with E-state index >= 15 is 0 Å². The number of nitrogens with zero attached hydrogens (tertiary/aromatic N) is 2. The van der Waals surface area contributed by atoms with Crippen molar-refractivity contribution in [3.05, 3.63) is 12.4 Å². The van der Waals surface area contributed by atoms with Crippen molar-refractivity contribution < 1.29 is 9.59 Å². The van der Waals surface area contributed by atoms with Gasteiger partial charge < -0.3 is 16.0 Å². The van der Waals surface area contributed by atoms with E-state index in [0.29, 0.717) is 24.2 Å². The molecule has 0 unspecified atom stereocenters. The Kier molecular flexibility index (Phi) is 3.92. The monoisotopic (exact) mass is 291 g/mol. The molecule has 0 bridgehead atoms. The van der Waals surface area contributed by atoms with Crippen LogP contribution in [-0.4, -0.2) is 40.7 Å². The minimum Gasteiger partial charge on any atom is -0.352 e. The molecule has 2 aliphatic rings. The van der Waals surface area contributed by atoms with Crippen molar-refractivity contribution >= 4 is 17.5 Å². The molecule has 21 heavy (non-hydrogen) atoms. The molecular weight excluding hydrogens is 270 g/mol. The first-order chi connectivity index (χ1) is 10.1. The van der Waals surface area contributed by atoms with Gasteiger partial charge in [0, 0.05) is 18.8 Å². The summed E-state index contributed by atoms with van der Waals surface area (Å²) in [6.07, 6.45) is 5.41. The van der Waals surface area contributed by atoms with Gasteiger partial charge in [0.15, 0.2) is 0 Å². The molecule has 1 saturated carbocycles. The van der Waals surface area contributed by atoms with Gasteiger partial charge in [-0.25, -0.2) is 0 Å². The topological polar surface area (TPSA) is 88.1 Å².